The zero-order valence-electron chi connectivity index (χ0n) is 38.1. The number of phosphoric ester groups is 1. The van der Waals surface area contributed by atoms with Crippen LogP contribution >= 0.6 is 7.82 Å². The number of rotatable bonds is 42. The first-order chi connectivity index (χ1) is 29.4. The first-order valence-electron chi connectivity index (χ1n) is 24.5. The van der Waals surface area contributed by atoms with Crippen LogP contribution in [0.2, 0.25) is 0 Å². The molecule has 60 heavy (non-hydrogen) atoms. The monoisotopic (exact) mass is 857 g/mol. The SMILES string of the molecule is CCCCCCCCCCCCCCCCCC(=O)OC[C@H](COP(=O)(Oc1ccccc1)Oc1ccccc1)OC(=O)CCCCCCCCCCCCCCCCC. The van der Waals surface area contributed by atoms with Gasteiger partial charge >= 0.3 is 19.8 Å². The second kappa shape index (κ2) is 37.9. The van der Waals surface area contributed by atoms with E-state index < -0.39 is 19.9 Å². The topological polar surface area (TPSA) is 97.4 Å². The Hall–Kier alpha value is -2.83. The van der Waals surface area contributed by atoms with Gasteiger partial charge in [0.25, 0.3) is 0 Å². The van der Waals surface area contributed by atoms with Gasteiger partial charge in [0.15, 0.2) is 6.10 Å². The molecule has 0 aliphatic rings. The second-order valence-electron chi connectivity index (χ2n) is 16.7. The van der Waals surface area contributed by atoms with E-state index in [1.807, 2.05) is 12.1 Å². The molecule has 2 aromatic carbocycles. The van der Waals surface area contributed by atoms with Crippen LogP contribution in [0, 0.1) is 0 Å². The van der Waals surface area contributed by atoms with Crippen LogP contribution in [0.5, 0.6) is 11.5 Å². The summed E-state index contributed by atoms with van der Waals surface area (Å²) in [4.78, 5) is 25.8. The van der Waals surface area contributed by atoms with Crippen LogP contribution in [0.15, 0.2) is 60.7 Å². The summed E-state index contributed by atoms with van der Waals surface area (Å²) in [5, 5.41) is 0. The average Bonchev–Trinajstić information content (AvgIpc) is 3.25. The zero-order valence-corrected chi connectivity index (χ0v) is 39.0. The van der Waals surface area contributed by atoms with Crippen molar-refractivity contribution < 1.29 is 37.2 Å². The van der Waals surface area contributed by atoms with Crippen molar-refractivity contribution in [3.05, 3.63) is 60.7 Å². The molecular weight excluding hydrogens is 772 g/mol. The lowest BCUT2D eigenvalue weighted by Gasteiger charge is -2.22. The molecule has 0 aliphatic heterocycles. The molecule has 0 aliphatic carbocycles. The van der Waals surface area contributed by atoms with Gasteiger partial charge in [0, 0.05) is 12.8 Å². The summed E-state index contributed by atoms with van der Waals surface area (Å²) >= 11 is 0. The summed E-state index contributed by atoms with van der Waals surface area (Å²) in [6.07, 6.45) is 37.1. The van der Waals surface area contributed by atoms with E-state index in [2.05, 4.69) is 13.8 Å². The molecule has 342 valence electrons. The fourth-order valence-electron chi connectivity index (χ4n) is 7.37. The molecule has 0 amide bonds. The predicted molar refractivity (Wildman–Crippen MR) is 248 cm³/mol. The highest BCUT2D eigenvalue weighted by Crippen LogP contribution is 2.49. The van der Waals surface area contributed by atoms with E-state index in [1.54, 1.807) is 48.5 Å². The third-order valence-electron chi connectivity index (χ3n) is 11.0. The molecular formula is C51H85O8P. The third kappa shape index (κ3) is 31.1. The minimum Gasteiger partial charge on any atom is -0.462 e. The van der Waals surface area contributed by atoms with E-state index in [9.17, 15) is 14.2 Å². The lowest BCUT2D eigenvalue weighted by Crippen LogP contribution is -2.30. The van der Waals surface area contributed by atoms with Gasteiger partial charge in [-0.25, -0.2) is 4.57 Å². The molecule has 0 fully saturated rings. The molecule has 0 saturated heterocycles. The summed E-state index contributed by atoms with van der Waals surface area (Å²) < 4.78 is 42.6. The summed E-state index contributed by atoms with van der Waals surface area (Å²) in [5.74, 6) is -0.154. The number of benzene rings is 2. The summed E-state index contributed by atoms with van der Waals surface area (Å²) in [6.45, 7) is 3.98. The highest BCUT2D eigenvalue weighted by atomic mass is 31.2. The molecule has 1 atom stereocenters. The molecule has 0 spiro atoms. The van der Waals surface area contributed by atoms with Crippen molar-refractivity contribution in [2.45, 2.75) is 225 Å². The van der Waals surface area contributed by atoms with Crippen LogP contribution in [0.3, 0.4) is 0 Å². The molecule has 0 radical (unpaired) electrons. The van der Waals surface area contributed by atoms with Gasteiger partial charge in [-0.05, 0) is 37.1 Å². The van der Waals surface area contributed by atoms with E-state index >= 15 is 0 Å². The molecule has 9 heteroatoms. The average molecular weight is 857 g/mol. The molecule has 8 nitrogen and oxygen atoms in total. The fourth-order valence-corrected chi connectivity index (χ4v) is 8.62. The van der Waals surface area contributed by atoms with Gasteiger partial charge in [0.05, 0.1) is 0 Å². The van der Waals surface area contributed by atoms with Gasteiger partial charge in [-0.3, -0.25) is 14.1 Å². The molecule has 0 unspecified atom stereocenters. The Morgan fingerprint density at radius 2 is 0.750 bits per heavy atom. The Kier molecular flexibility index (Phi) is 33.7. The molecule has 0 saturated carbocycles. The number of esters is 2. The fraction of sp³-hybridized carbons (Fsp3) is 0.725. The van der Waals surface area contributed by atoms with Crippen molar-refractivity contribution >= 4 is 19.8 Å². The molecule has 0 N–H and O–H groups in total. The Balaban J connectivity index is 1.75. The number of phosphoric acid groups is 1. The lowest BCUT2D eigenvalue weighted by molar-refractivity contribution is -0.161. The van der Waals surface area contributed by atoms with E-state index in [0.29, 0.717) is 17.9 Å². The van der Waals surface area contributed by atoms with E-state index in [4.69, 9.17) is 23.0 Å². The molecule has 2 aromatic rings. The number of unbranched alkanes of at least 4 members (excludes halogenated alkanes) is 28. The predicted octanol–water partition coefficient (Wildman–Crippen LogP) is 16.2. The number of ether oxygens (including phenoxy) is 2. The van der Waals surface area contributed by atoms with Crippen LogP contribution in [-0.4, -0.2) is 31.3 Å². The smallest absolute Gasteiger partial charge is 0.462 e. The highest BCUT2D eigenvalue weighted by Gasteiger charge is 2.33. The largest absolute Gasteiger partial charge is 0.587 e. The van der Waals surface area contributed by atoms with Gasteiger partial charge in [-0.15, -0.1) is 0 Å². The standard InChI is InChI=1S/C51H85O8P/c1-3-5-7-9-11-13-15-17-19-21-23-25-27-29-37-43-50(52)55-45-49(46-56-60(54,58-47-39-33-31-34-40-47)59-48-41-35-32-36-42-48)57-51(53)44-38-30-28-26-24-22-20-18-16-14-12-10-8-6-4-2/h31-36,39-42,49H,3-30,37-38,43-46H2,1-2H3/t49-/m1/s1. The van der Waals surface area contributed by atoms with Crippen molar-refractivity contribution in [2.24, 2.45) is 0 Å². The van der Waals surface area contributed by atoms with Crippen molar-refractivity contribution in [1.29, 1.82) is 0 Å². The van der Waals surface area contributed by atoms with Crippen LogP contribution < -0.4 is 9.05 Å². The van der Waals surface area contributed by atoms with Gasteiger partial charge < -0.3 is 18.5 Å². The minimum absolute atomic E-state index is 0.209. The number of hydrogen-bond acceptors (Lipinski definition) is 8. The second-order valence-corrected chi connectivity index (χ2v) is 18.3. The minimum atomic E-state index is -4.24. The van der Waals surface area contributed by atoms with Crippen LogP contribution in [0.25, 0.3) is 0 Å². The van der Waals surface area contributed by atoms with Gasteiger partial charge in [0.2, 0.25) is 0 Å². The Morgan fingerprint density at radius 3 is 1.10 bits per heavy atom. The zero-order chi connectivity index (χ0) is 43.0. The van der Waals surface area contributed by atoms with Crippen molar-refractivity contribution in [3.8, 4) is 11.5 Å². The number of carbonyl (C=O) groups is 2. The normalized spacial score (nSPS) is 12.0. The van der Waals surface area contributed by atoms with E-state index in [1.165, 1.54) is 154 Å². The summed E-state index contributed by atoms with van der Waals surface area (Å²) in [6, 6.07) is 17.3. The molecule has 2 rings (SSSR count). The van der Waals surface area contributed by atoms with Crippen LogP contribution in [0.4, 0.5) is 0 Å². The Morgan fingerprint density at radius 1 is 0.433 bits per heavy atom. The number of carbonyl (C=O) groups excluding carboxylic acids is 2. The third-order valence-corrected chi connectivity index (χ3v) is 12.4. The molecule has 0 bridgehead atoms. The van der Waals surface area contributed by atoms with Gasteiger partial charge in [0.1, 0.15) is 24.7 Å². The van der Waals surface area contributed by atoms with Crippen LogP contribution in [0.1, 0.15) is 219 Å². The maximum absolute atomic E-state index is 14.0. The van der Waals surface area contributed by atoms with E-state index in [0.717, 1.165) is 38.5 Å². The molecule has 0 heterocycles. The maximum Gasteiger partial charge on any atom is 0.587 e. The van der Waals surface area contributed by atoms with E-state index in [-0.39, 0.29) is 25.6 Å². The highest BCUT2D eigenvalue weighted by molar-refractivity contribution is 7.49. The van der Waals surface area contributed by atoms with Crippen molar-refractivity contribution in [2.75, 3.05) is 13.2 Å². The van der Waals surface area contributed by atoms with Crippen molar-refractivity contribution in [1.82, 2.24) is 0 Å². The van der Waals surface area contributed by atoms with Gasteiger partial charge in [-0.2, -0.15) is 0 Å². The lowest BCUT2D eigenvalue weighted by atomic mass is 10.0. The summed E-state index contributed by atoms with van der Waals surface area (Å²) in [5.41, 5.74) is 0. The first kappa shape index (κ1) is 53.3. The van der Waals surface area contributed by atoms with Crippen LogP contribution in [-0.2, 0) is 28.2 Å². The quantitative estimate of drug-likeness (QED) is 0.0370. The number of para-hydroxylation sites is 2. The Labute approximate surface area is 366 Å². The van der Waals surface area contributed by atoms with Gasteiger partial charge in [-0.1, -0.05) is 230 Å². The Bertz CT molecular complexity index is 1280. The molecule has 0 aromatic heterocycles. The maximum atomic E-state index is 14.0. The van der Waals surface area contributed by atoms with Crippen molar-refractivity contribution in [3.63, 3.8) is 0 Å². The first-order valence-corrected chi connectivity index (χ1v) is 26.0. The number of hydrogen-bond donors (Lipinski definition) is 0. The summed E-state index contributed by atoms with van der Waals surface area (Å²) in [7, 11) is -4.24.